The van der Waals surface area contributed by atoms with Crippen LogP contribution >= 0.6 is 0 Å². The minimum absolute atomic E-state index is 0.0800. The van der Waals surface area contributed by atoms with E-state index in [1.54, 1.807) is 0 Å². The van der Waals surface area contributed by atoms with Crippen molar-refractivity contribution in [3.05, 3.63) is 35.9 Å². The lowest BCUT2D eigenvalue weighted by Crippen LogP contribution is -2.46. The van der Waals surface area contributed by atoms with E-state index >= 15 is 0 Å². The lowest BCUT2D eigenvalue weighted by Gasteiger charge is -2.27. The van der Waals surface area contributed by atoms with Gasteiger partial charge in [-0.1, -0.05) is 30.3 Å². The van der Waals surface area contributed by atoms with Crippen LogP contribution in [0.1, 0.15) is 31.2 Å². The first-order valence-corrected chi connectivity index (χ1v) is 7.42. The summed E-state index contributed by atoms with van der Waals surface area (Å²) in [6.07, 6.45) is 5.43. The van der Waals surface area contributed by atoms with Crippen LogP contribution in [0.4, 0.5) is 0 Å². The van der Waals surface area contributed by atoms with Crippen LogP contribution in [0.25, 0.3) is 0 Å². The van der Waals surface area contributed by atoms with Crippen molar-refractivity contribution in [2.75, 3.05) is 13.1 Å². The van der Waals surface area contributed by atoms with Crippen molar-refractivity contribution < 1.29 is 4.79 Å². The van der Waals surface area contributed by atoms with E-state index in [9.17, 15) is 4.79 Å². The van der Waals surface area contributed by atoms with Crippen molar-refractivity contribution in [3.63, 3.8) is 0 Å². The minimum Gasteiger partial charge on any atom is -0.338 e. The molecule has 2 aliphatic rings. The van der Waals surface area contributed by atoms with Crippen LogP contribution in [0.15, 0.2) is 30.3 Å². The van der Waals surface area contributed by atoms with Crippen molar-refractivity contribution in [2.45, 2.75) is 44.2 Å². The SMILES string of the molecule is O=C([C@H]1CCCN1)N1CCC[C@H]1Cc1ccccc1. The van der Waals surface area contributed by atoms with Crippen LogP contribution in [-0.4, -0.2) is 36.0 Å². The van der Waals surface area contributed by atoms with Crippen LogP contribution in [0.2, 0.25) is 0 Å². The molecule has 3 rings (SSSR count). The summed E-state index contributed by atoms with van der Waals surface area (Å²) in [7, 11) is 0. The Labute approximate surface area is 115 Å². The maximum absolute atomic E-state index is 12.5. The number of nitrogens with one attached hydrogen (secondary N) is 1. The van der Waals surface area contributed by atoms with Gasteiger partial charge < -0.3 is 10.2 Å². The van der Waals surface area contributed by atoms with Crippen LogP contribution in [-0.2, 0) is 11.2 Å². The highest BCUT2D eigenvalue weighted by Crippen LogP contribution is 2.23. The second-order valence-corrected chi connectivity index (χ2v) is 5.67. The summed E-state index contributed by atoms with van der Waals surface area (Å²) in [4.78, 5) is 14.6. The third-order valence-electron chi connectivity index (χ3n) is 4.33. The van der Waals surface area contributed by atoms with Crippen LogP contribution in [0, 0.1) is 0 Å². The molecule has 19 heavy (non-hydrogen) atoms. The first-order valence-electron chi connectivity index (χ1n) is 7.42. The Hall–Kier alpha value is -1.35. The Morgan fingerprint density at radius 3 is 2.79 bits per heavy atom. The number of rotatable bonds is 3. The van der Waals surface area contributed by atoms with E-state index < -0.39 is 0 Å². The summed E-state index contributed by atoms with van der Waals surface area (Å²) >= 11 is 0. The quantitative estimate of drug-likeness (QED) is 0.899. The molecule has 2 fully saturated rings. The Bertz CT molecular complexity index is 426. The number of hydrogen-bond donors (Lipinski definition) is 1. The zero-order valence-corrected chi connectivity index (χ0v) is 11.3. The molecule has 0 bridgehead atoms. The molecule has 1 amide bonds. The molecule has 0 aromatic heterocycles. The van der Waals surface area contributed by atoms with E-state index in [1.807, 2.05) is 6.07 Å². The van der Waals surface area contributed by atoms with E-state index in [0.29, 0.717) is 11.9 Å². The van der Waals surface area contributed by atoms with Crippen LogP contribution in [0.3, 0.4) is 0 Å². The van der Waals surface area contributed by atoms with Gasteiger partial charge in [0.2, 0.25) is 5.91 Å². The van der Waals surface area contributed by atoms with Gasteiger partial charge in [-0.3, -0.25) is 4.79 Å². The summed E-state index contributed by atoms with van der Waals surface area (Å²) in [5.41, 5.74) is 1.34. The molecular weight excluding hydrogens is 236 g/mol. The van der Waals surface area contributed by atoms with Gasteiger partial charge in [-0.2, -0.15) is 0 Å². The lowest BCUT2D eigenvalue weighted by atomic mass is 10.0. The van der Waals surface area contributed by atoms with Crippen molar-refractivity contribution in [3.8, 4) is 0 Å². The predicted molar refractivity (Wildman–Crippen MR) is 75.9 cm³/mol. The number of amides is 1. The van der Waals surface area contributed by atoms with Crippen LogP contribution in [0.5, 0.6) is 0 Å². The van der Waals surface area contributed by atoms with Crippen LogP contribution < -0.4 is 5.32 Å². The van der Waals surface area contributed by atoms with Gasteiger partial charge in [-0.25, -0.2) is 0 Å². The first-order chi connectivity index (χ1) is 9.34. The number of nitrogens with zero attached hydrogens (tertiary/aromatic N) is 1. The molecule has 0 aliphatic carbocycles. The molecule has 3 nitrogen and oxygen atoms in total. The normalized spacial score (nSPS) is 26.8. The summed E-state index contributed by atoms with van der Waals surface area (Å²) in [6, 6.07) is 11.0. The predicted octanol–water partition coefficient (Wildman–Crippen LogP) is 1.97. The average Bonchev–Trinajstić information content (AvgIpc) is 3.10. The molecule has 3 heteroatoms. The van der Waals surface area contributed by atoms with Gasteiger partial charge in [-0.05, 0) is 44.2 Å². The fourth-order valence-corrected chi connectivity index (χ4v) is 3.32. The highest BCUT2D eigenvalue weighted by Gasteiger charge is 2.33. The molecular formula is C16H22N2O. The largest absolute Gasteiger partial charge is 0.338 e. The summed E-state index contributed by atoms with van der Waals surface area (Å²) in [5, 5.41) is 3.33. The molecule has 0 unspecified atom stereocenters. The zero-order valence-electron chi connectivity index (χ0n) is 11.3. The van der Waals surface area contributed by atoms with Gasteiger partial charge in [0.1, 0.15) is 0 Å². The third-order valence-corrected chi connectivity index (χ3v) is 4.33. The van der Waals surface area contributed by atoms with Gasteiger partial charge in [0, 0.05) is 12.6 Å². The Kier molecular flexibility index (Phi) is 3.83. The Morgan fingerprint density at radius 2 is 2.05 bits per heavy atom. The van der Waals surface area contributed by atoms with Crippen molar-refractivity contribution in [2.24, 2.45) is 0 Å². The number of benzene rings is 1. The number of carbonyl (C=O) groups excluding carboxylic acids is 1. The minimum atomic E-state index is 0.0800. The van der Waals surface area contributed by atoms with Gasteiger partial charge in [0.25, 0.3) is 0 Å². The smallest absolute Gasteiger partial charge is 0.239 e. The van der Waals surface area contributed by atoms with Crippen molar-refractivity contribution in [1.82, 2.24) is 10.2 Å². The highest BCUT2D eigenvalue weighted by atomic mass is 16.2. The molecule has 2 atom stereocenters. The van der Waals surface area contributed by atoms with E-state index in [1.165, 1.54) is 5.56 Å². The maximum Gasteiger partial charge on any atom is 0.239 e. The Balaban J connectivity index is 1.66. The molecule has 0 radical (unpaired) electrons. The Morgan fingerprint density at radius 1 is 1.21 bits per heavy atom. The summed E-state index contributed by atoms with van der Waals surface area (Å²) in [5.74, 6) is 0.330. The molecule has 1 aromatic carbocycles. The number of likely N-dealkylation sites (tertiary alicyclic amines) is 1. The lowest BCUT2D eigenvalue weighted by molar-refractivity contribution is -0.133. The van der Waals surface area contributed by atoms with Gasteiger partial charge in [0.15, 0.2) is 0 Å². The van der Waals surface area contributed by atoms with Gasteiger partial charge in [0.05, 0.1) is 6.04 Å². The van der Waals surface area contributed by atoms with Crippen molar-refractivity contribution >= 4 is 5.91 Å². The number of carbonyl (C=O) groups is 1. The van der Waals surface area contributed by atoms with E-state index in [0.717, 1.165) is 45.2 Å². The third kappa shape index (κ3) is 2.81. The van der Waals surface area contributed by atoms with E-state index in [4.69, 9.17) is 0 Å². The average molecular weight is 258 g/mol. The molecule has 0 saturated carbocycles. The standard InChI is InChI=1S/C16H22N2O/c19-16(15-9-4-10-17-15)18-11-5-8-14(18)12-13-6-2-1-3-7-13/h1-3,6-7,14-15,17H,4-5,8-12H2/t14-,15+/m0/s1. The fraction of sp³-hybridized carbons (Fsp3) is 0.562. The maximum atomic E-state index is 12.5. The van der Waals surface area contributed by atoms with E-state index in [-0.39, 0.29) is 6.04 Å². The van der Waals surface area contributed by atoms with Crippen molar-refractivity contribution in [1.29, 1.82) is 0 Å². The molecule has 102 valence electrons. The fourth-order valence-electron chi connectivity index (χ4n) is 3.32. The molecule has 1 N–H and O–H groups in total. The summed E-state index contributed by atoms with van der Waals surface area (Å²) in [6.45, 7) is 1.93. The topological polar surface area (TPSA) is 32.3 Å². The molecule has 2 saturated heterocycles. The zero-order chi connectivity index (χ0) is 13.1. The first kappa shape index (κ1) is 12.7. The molecule has 1 aromatic rings. The number of hydrogen-bond acceptors (Lipinski definition) is 2. The molecule has 2 aliphatic heterocycles. The van der Waals surface area contributed by atoms with Gasteiger partial charge in [-0.15, -0.1) is 0 Å². The second kappa shape index (κ2) is 5.74. The second-order valence-electron chi connectivity index (χ2n) is 5.67. The highest BCUT2D eigenvalue weighted by molar-refractivity contribution is 5.82. The summed E-state index contributed by atoms with van der Waals surface area (Å²) < 4.78 is 0. The van der Waals surface area contributed by atoms with E-state index in [2.05, 4.69) is 34.5 Å². The van der Waals surface area contributed by atoms with Gasteiger partial charge >= 0.3 is 0 Å². The molecule has 2 heterocycles. The molecule has 0 spiro atoms. The monoisotopic (exact) mass is 258 g/mol.